The Kier molecular flexibility index (Phi) is 4.19. The van der Waals surface area contributed by atoms with Crippen molar-refractivity contribution in [3.05, 3.63) is 29.3 Å². The lowest BCUT2D eigenvalue weighted by atomic mass is 10.2. The molecule has 0 bridgehead atoms. The average Bonchev–Trinajstić information content (AvgIpc) is 2.28. The van der Waals surface area contributed by atoms with Gasteiger partial charge in [0, 0.05) is 6.54 Å². The molecule has 0 atom stereocenters. The molecule has 0 saturated heterocycles. The van der Waals surface area contributed by atoms with E-state index in [2.05, 4.69) is 15.7 Å². The smallest absolute Gasteiger partial charge is 0.210 e. The number of hydrogen-bond acceptors (Lipinski definition) is 2. The molecular weight excluding hydrogens is 214 g/mol. The summed E-state index contributed by atoms with van der Waals surface area (Å²) in [7, 11) is 0. The van der Waals surface area contributed by atoms with Gasteiger partial charge in [0.2, 0.25) is 5.96 Å². The standard InChI is InChI=1S/C10H14F2N4/c1-3-14-10(16-13)15-9-7(11)5-4-6(2)8(9)12/h4-5H,3,13H2,1-2H3,(H2,14,15,16). The van der Waals surface area contributed by atoms with Gasteiger partial charge in [-0.25, -0.2) is 14.6 Å². The van der Waals surface area contributed by atoms with Crippen LogP contribution in [-0.4, -0.2) is 12.5 Å². The van der Waals surface area contributed by atoms with Crippen LogP contribution in [-0.2, 0) is 0 Å². The molecular formula is C10H14F2N4. The Balaban J connectivity index is 3.04. The van der Waals surface area contributed by atoms with E-state index in [0.29, 0.717) is 12.1 Å². The van der Waals surface area contributed by atoms with Crippen molar-refractivity contribution in [3.63, 3.8) is 0 Å². The summed E-state index contributed by atoms with van der Waals surface area (Å²) in [5.74, 6) is 3.93. The fourth-order valence-corrected chi connectivity index (χ4v) is 1.17. The van der Waals surface area contributed by atoms with E-state index in [-0.39, 0.29) is 11.6 Å². The van der Waals surface area contributed by atoms with Crippen LogP contribution in [0.3, 0.4) is 0 Å². The first kappa shape index (κ1) is 12.4. The zero-order valence-electron chi connectivity index (χ0n) is 9.14. The quantitative estimate of drug-likeness (QED) is 0.311. The fraction of sp³-hybridized carbons (Fsp3) is 0.300. The van der Waals surface area contributed by atoms with E-state index in [9.17, 15) is 8.78 Å². The Hall–Kier alpha value is -1.69. The van der Waals surface area contributed by atoms with Crippen LogP contribution in [0.2, 0.25) is 0 Å². The number of guanidine groups is 1. The molecule has 0 saturated carbocycles. The van der Waals surface area contributed by atoms with Crippen molar-refractivity contribution >= 4 is 11.6 Å². The first-order chi connectivity index (χ1) is 7.60. The summed E-state index contributed by atoms with van der Waals surface area (Å²) in [5, 5.41) is 2.47. The minimum absolute atomic E-state index is 0.117. The number of hydrogen-bond donors (Lipinski definition) is 3. The molecule has 6 heteroatoms. The Labute approximate surface area is 92.5 Å². The van der Waals surface area contributed by atoms with Crippen molar-refractivity contribution in [1.82, 2.24) is 5.43 Å². The van der Waals surface area contributed by atoms with Crippen LogP contribution < -0.4 is 16.6 Å². The predicted octanol–water partition coefficient (Wildman–Crippen LogP) is 1.52. The van der Waals surface area contributed by atoms with Crippen molar-refractivity contribution in [3.8, 4) is 0 Å². The number of nitrogens with one attached hydrogen (secondary N) is 2. The highest BCUT2D eigenvalue weighted by molar-refractivity contribution is 5.93. The summed E-state index contributed by atoms with van der Waals surface area (Å²) < 4.78 is 26.9. The molecule has 0 spiro atoms. The second kappa shape index (κ2) is 5.41. The van der Waals surface area contributed by atoms with Crippen molar-refractivity contribution in [2.24, 2.45) is 10.8 Å². The Bertz CT molecular complexity index is 404. The molecule has 0 aromatic heterocycles. The van der Waals surface area contributed by atoms with E-state index in [4.69, 9.17) is 5.84 Å². The molecule has 4 nitrogen and oxygen atoms in total. The summed E-state index contributed by atoms with van der Waals surface area (Å²) >= 11 is 0. The van der Waals surface area contributed by atoms with Crippen LogP contribution in [0.25, 0.3) is 0 Å². The molecule has 0 unspecified atom stereocenters. The average molecular weight is 228 g/mol. The van der Waals surface area contributed by atoms with E-state index in [1.165, 1.54) is 12.1 Å². The second-order valence-electron chi connectivity index (χ2n) is 3.15. The summed E-state index contributed by atoms with van der Waals surface area (Å²) in [4.78, 5) is 3.89. The minimum atomic E-state index is -0.692. The Morgan fingerprint density at radius 2 is 2.12 bits per heavy atom. The second-order valence-corrected chi connectivity index (χ2v) is 3.15. The van der Waals surface area contributed by atoms with Crippen LogP contribution in [0.1, 0.15) is 12.5 Å². The molecule has 4 N–H and O–H groups in total. The molecule has 0 aliphatic carbocycles. The molecule has 0 aliphatic rings. The third-order valence-corrected chi connectivity index (χ3v) is 1.98. The maximum atomic E-state index is 13.6. The summed E-state index contributed by atoms with van der Waals surface area (Å²) in [5.41, 5.74) is 2.32. The molecule has 88 valence electrons. The molecule has 0 amide bonds. The van der Waals surface area contributed by atoms with Crippen LogP contribution in [0, 0.1) is 18.6 Å². The van der Waals surface area contributed by atoms with Gasteiger partial charge in [-0.05, 0) is 25.5 Å². The lowest BCUT2D eigenvalue weighted by Gasteiger charge is -2.11. The first-order valence-corrected chi connectivity index (χ1v) is 4.82. The number of hydrazine groups is 1. The molecule has 0 heterocycles. The van der Waals surface area contributed by atoms with Gasteiger partial charge in [-0.1, -0.05) is 6.07 Å². The topological polar surface area (TPSA) is 62.4 Å². The van der Waals surface area contributed by atoms with Crippen molar-refractivity contribution < 1.29 is 8.78 Å². The monoisotopic (exact) mass is 228 g/mol. The lowest BCUT2D eigenvalue weighted by Crippen LogP contribution is -2.36. The fourth-order valence-electron chi connectivity index (χ4n) is 1.17. The number of anilines is 1. The number of nitrogens with two attached hydrogens (primary N) is 1. The van der Waals surface area contributed by atoms with Crippen LogP contribution in [0.4, 0.5) is 14.5 Å². The highest BCUT2D eigenvalue weighted by atomic mass is 19.1. The van der Waals surface area contributed by atoms with E-state index in [0.717, 1.165) is 0 Å². The van der Waals surface area contributed by atoms with E-state index in [1.54, 1.807) is 13.8 Å². The zero-order valence-corrected chi connectivity index (χ0v) is 9.14. The SMILES string of the molecule is CCN=C(NN)Nc1c(F)ccc(C)c1F. The molecule has 1 aromatic rings. The number of aliphatic imine (C=N–C) groups is 1. The summed E-state index contributed by atoms with van der Waals surface area (Å²) in [6, 6.07) is 2.54. The third-order valence-electron chi connectivity index (χ3n) is 1.98. The maximum Gasteiger partial charge on any atom is 0.210 e. The van der Waals surface area contributed by atoms with E-state index < -0.39 is 11.6 Å². The highest BCUT2D eigenvalue weighted by Gasteiger charge is 2.12. The number of rotatable bonds is 2. The Morgan fingerprint density at radius 1 is 1.44 bits per heavy atom. The van der Waals surface area contributed by atoms with Gasteiger partial charge in [0.15, 0.2) is 5.82 Å². The maximum absolute atomic E-state index is 13.6. The van der Waals surface area contributed by atoms with Crippen LogP contribution >= 0.6 is 0 Å². The van der Waals surface area contributed by atoms with Gasteiger partial charge in [0.1, 0.15) is 11.5 Å². The van der Waals surface area contributed by atoms with Gasteiger partial charge in [0.05, 0.1) is 0 Å². The van der Waals surface area contributed by atoms with Crippen molar-refractivity contribution in [1.29, 1.82) is 0 Å². The van der Waals surface area contributed by atoms with Crippen molar-refractivity contribution in [2.45, 2.75) is 13.8 Å². The van der Waals surface area contributed by atoms with Gasteiger partial charge in [-0.15, -0.1) is 0 Å². The molecule has 1 rings (SSSR count). The molecule has 0 aliphatic heterocycles. The third kappa shape index (κ3) is 2.66. The number of halogens is 2. The van der Waals surface area contributed by atoms with Crippen LogP contribution in [0.5, 0.6) is 0 Å². The van der Waals surface area contributed by atoms with E-state index in [1.807, 2.05) is 0 Å². The molecule has 16 heavy (non-hydrogen) atoms. The Morgan fingerprint density at radius 3 is 2.69 bits per heavy atom. The zero-order chi connectivity index (χ0) is 12.1. The van der Waals surface area contributed by atoms with Gasteiger partial charge >= 0.3 is 0 Å². The van der Waals surface area contributed by atoms with Gasteiger partial charge in [-0.2, -0.15) is 0 Å². The minimum Gasteiger partial charge on any atom is -0.320 e. The summed E-state index contributed by atoms with van der Waals surface area (Å²) in [6.07, 6.45) is 0. The van der Waals surface area contributed by atoms with Gasteiger partial charge < -0.3 is 5.32 Å². The molecule has 0 fully saturated rings. The highest BCUT2D eigenvalue weighted by Crippen LogP contribution is 2.21. The molecule has 0 radical (unpaired) electrons. The van der Waals surface area contributed by atoms with E-state index >= 15 is 0 Å². The van der Waals surface area contributed by atoms with Gasteiger partial charge in [-0.3, -0.25) is 10.4 Å². The van der Waals surface area contributed by atoms with Crippen molar-refractivity contribution in [2.75, 3.05) is 11.9 Å². The number of benzene rings is 1. The largest absolute Gasteiger partial charge is 0.320 e. The lowest BCUT2D eigenvalue weighted by molar-refractivity contribution is 0.585. The van der Waals surface area contributed by atoms with Crippen LogP contribution in [0.15, 0.2) is 17.1 Å². The van der Waals surface area contributed by atoms with Gasteiger partial charge in [0.25, 0.3) is 0 Å². The normalized spacial score (nSPS) is 11.4. The first-order valence-electron chi connectivity index (χ1n) is 4.82. The molecule has 1 aromatic carbocycles. The predicted molar refractivity (Wildman–Crippen MR) is 60.0 cm³/mol. The summed E-state index contributed by atoms with van der Waals surface area (Å²) in [6.45, 7) is 3.77. The number of nitrogens with zero attached hydrogens (tertiary/aromatic N) is 1. The number of aryl methyl sites for hydroxylation is 1.